The highest BCUT2D eigenvalue weighted by Crippen LogP contribution is 2.13. The first kappa shape index (κ1) is 13.2. The van der Waals surface area contributed by atoms with E-state index in [-0.39, 0.29) is 0 Å². The number of rotatable bonds is 7. The van der Waals surface area contributed by atoms with Crippen molar-refractivity contribution in [2.24, 2.45) is 5.92 Å². The predicted molar refractivity (Wildman–Crippen MR) is 68.4 cm³/mol. The molecule has 0 amide bonds. The molecule has 0 aromatic carbocycles. The van der Waals surface area contributed by atoms with E-state index in [2.05, 4.69) is 49.0 Å². The molecule has 0 fully saturated rings. The highest BCUT2D eigenvalue weighted by molar-refractivity contribution is 5.09. The van der Waals surface area contributed by atoms with E-state index in [9.17, 15) is 0 Å². The zero-order valence-electron chi connectivity index (χ0n) is 11.0. The molecule has 2 unspecified atom stereocenters. The molecule has 1 N–H and O–H groups in total. The summed E-state index contributed by atoms with van der Waals surface area (Å²) in [5.74, 6) is 0.715. The maximum absolute atomic E-state index is 4.42. The van der Waals surface area contributed by atoms with E-state index in [0.717, 1.165) is 13.1 Å². The van der Waals surface area contributed by atoms with Gasteiger partial charge in [-0.25, -0.2) is 0 Å². The first-order valence-electron chi connectivity index (χ1n) is 6.43. The summed E-state index contributed by atoms with van der Waals surface area (Å²) in [5.41, 5.74) is 1.28. The van der Waals surface area contributed by atoms with Crippen LogP contribution in [0.4, 0.5) is 0 Å². The summed E-state index contributed by atoms with van der Waals surface area (Å²) in [6, 6.07) is 0.403. The molecule has 92 valence electrons. The van der Waals surface area contributed by atoms with Crippen molar-refractivity contribution in [3.05, 3.63) is 18.0 Å². The number of aromatic nitrogens is 2. The van der Waals surface area contributed by atoms with Crippen LogP contribution in [0.15, 0.2) is 12.4 Å². The molecule has 16 heavy (non-hydrogen) atoms. The lowest BCUT2D eigenvalue weighted by Gasteiger charge is -2.11. The van der Waals surface area contributed by atoms with Crippen molar-refractivity contribution < 1.29 is 0 Å². The normalized spacial score (nSPS) is 15.0. The Hall–Kier alpha value is -0.830. The minimum Gasteiger partial charge on any atom is -0.310 e. The number of hydrogen-bond donors (Lipinski definition) is 1. The molecule has 3 nitrogen and oxygen atoms in total. The molecule has 1 heterocycles. The molecular weight excluding hydrogens is 198 g/mol. The van der Waals surface area contributed by atoms with Crippen molar-refractivity contribution in [1.82, 2.24) is 15.1 Å². The molecular formula is C13H25N3. The Morgan fingerprint density at radius 3 is 2.75 bits per heavy atom. The van der Waals surface area contributed by atoms with Gasteiger partial charge in [-0.2, -0.15) is 5.10 Å². The number of nitrogens with zero attached hydrogens (tertiary/aromatic N) is 2. The Bertz CT molecular complexity index is 293. The quantitative estimate of drug-likeness (QED) is 0.770. The van der Waals surface area contributed by atoms with Crippen LogP contribution in [-0.4, -0.2) is 16.3 Å². The lowest BCUT2D eigenvalue weighted by molar-refractivity contribution is 0.420. The second kappa shape index (κ2) is 6.69. The zero-order valence-corrected chi connectivity index (χ0v) is 11.0. The van der Waals surface area contributed by atoms with Gasteiger partial charge in [-0.1, -0.05) is 27.2 Å². The fourth-order valence-electron chi connectivity index (χ4n) is 2.03. The Labute approximate surface area is 99.2 Å². The van der Waals surface area contributed by atoms with E-state index in [4.69, 9.17) is 0 Å². The molecule has 0 aliphatic heterocycles. The molecule has 0 bridgehead atoms. The lowest BCUT2D eigenvalue weighted by atomic mass is 10.1. The lowest BCUT2D eigenvalue weighted by Crippen LogP contribution is -2.17. The SMILES string of the molecule is CCCC(C)Cn1cc(C(C)NCC)cn1. The maximum Gasteiger partial charge on any atom is 0.0537 e. The molecule has 0 saturated heterocycles. The van der Waals surface area contributed by atoms with E-state index in [1.165, 1.54) is 18.4 Å². The molecule has 0 radical (unpaired) electrons. The van der Waals surface area contributed by atoms with Gasteiger partial charge >= 0.3 is 0 Å². The Balaban J connectivity index is 2.50. The summed E-state index contributed by atoms with van der Waals surface area (Å²) < 4.78 is 2.07. The van der Waals surface area contributed by atoms with Gasteiger partial charge in [0.15, 0.2) is 0 Å². The van der Waals surface area contributed by atoms with Crippen molar-refractivity contribution in [3.63, 3.8) is 0 Å². The van der Waals surface area contributed by atoms with Gasteiger partial charge in [-0.05, 0) is 25.8 Å². The average molecular weight is 223 g/mol. The fourth-order valence-corrected chi connectivity index (χ4v) is 2.03. The Morgan fingerprint density at radius 1 is 1.38 bits per heavy atom. The zero-order chi connectivity index (χ0) is 12.0. The minimum absolute atomic E-state index is 0.403. The van der Waals surface area contributed by atoms with Crippen LogP contribution in [0.3, 0.4) is 0 Å². The van der Waals surface area contributed by atoms with E-state index in [1.807, 2.05) is 6.20 Å². The van der Waals surface area contributed by atoms with Crippen LogP contribution in [0.2, 0.25) is 0 Å². The third-order valence-electron chi connectivity index (χ3n) is 2.94. The van der Waals surface area contributed by atoms with Gasteiger partial charge in [0, 0.05) is 24.3 Å². The van der Waals surface area contributed by atoms with Gasteiger partial charge in [0.2, 0.25) is 0 Å². The molecule has 2 atom stereocenters. The number of nitrogens with one attached hydrogen (secondary N) is 1. The smallest absolute Gasteiger partial charge is 0.0537 e. The van der Waals surface area contributed by atoms with Crippen LogP contribution >= 0.6 is 0 Å². The monoisotopic (exact) mass is 223 g/mol. The van der Waals surface area contributed by atoms with E-state index in [1.54, 1.807) is 0 Å². The second-order valence-electron chi connectivity index (χ2n) is 4.67. The standard InChI is InChI=1S/C13H25N3/c1-5-7-11(3)9-16-10-13(8-15-16)12(4)14-6-2/h8,10-12,14H,5-7,9H2,1-4H3. The van der Waals surface area contributed by atoms with Gasteiger partial charge < -0.3 is 5.32 Å². The highest BCUT2D eigenvalue weighted by Gasteiger charge is 2.08. The summed E-state index contributed by atoms with van der Waals surface area (Å²) in [7, 11) is 0. The summed E-state index contributed by atoms with van der Waals surface area (Å²) in [6.45, 7) is 10.9. The van der Waals surface area contributed by atoms with Crippen molar-refractivity contribution in [2.75, 3.05) is 6.54 Å². The van der Waals surface area contributed by atoms with E-state index >= 15 is 0 Å². The third-order valence-corrected chi connectivity index (χ3v) is 2.94. The average Bonchev–Trinajstić information content (AvgIpc) is 2.67. The van der Waals surface area contributed by atoms with Crippen LogP contribution in [0, 0.1) is 5.92 Å². The first-order chi connectivity index (χ1) is 7.67. The molecule has 0 spiro atoms. The van der Waals surface area contributed by atoms with E-state index in [0.29, 0.717) is 12.0 Å². The molecule has 1 aromatic rings. The van der Waals surface area contributed by atoms with Crippen molar-refractivity contribution in [2.45, 2.75) is 53.1 Å². The minimum atomic E-state index is 0.403. The fraction of sp³-hybridized carbons (Fsp3) is 0.769. The van der Waals surface area contributed by atoms with Gasteiger partial charge in [0.05, 0.1) is 6.20 Å². The third kappa shape index (κ3) is 3.97. The van der Waals surface area contributed by atoms with Crippen molar-refractivity contribution in [1.29, 1.82) is 0 Å². The summed E-state index contributed by atoms with van der Waals surface area (Å²) in [6.07, 6.45) is 6.67. The summed E-state index contributed by atoms with van der Waals surface area (Å²) in [5, 5.41) is 7.82. The van der Waals surface area contributed by atoms with Gasteiger partial charge in [0.25, 0.3) is 0 Å². The molecule has 0 aliphatic rings. The van der Waals surface area contributed by atoms with Crippen molar-refractivity contribution >= 4 is 0 Å². The van der Waals surface area contributed by atoms with Crippen molar-refractivity contribution in [3.8, 4) is 0 Å². The first-order valence-corrected chi connectivity index (χ1v) is 6.43. The van der Waals surface area contributed by atoms with E-state index < -0.39 is 0 Å². The van der Waals surface area contributed by atoms with Crippen LogP contribution in [0.25, 0.3) is 0 Å². The molecule has 1 aromatic heterocycles. The summed E-state index contributed by atoms with van der Waals surface area (Å²) in [4.78, 5) is 0. The highest BCUT2D eigenvalue weighted by atomic mass is 15.3. The topological polar surface area (TPSA) is 29.9 Å². The molecule has 0 saturated carbocycles. The maximum atomic E-state index is 4.42. The van der Waals surface area contributed by atoms with Gasteiger partial charge in [0.1, 0.15) is 0 Å². The molecule has 3 heteroatoms. The molecule has 1 rings (SSSR count). The van der Waals surface area contributed by atoms with Crippen LogP contribution < -0.4 is 5.32 Å². The Kier molecular flexibility index (Phi) is 5.53. The van der Waals surface area contributed by atoms with Crippen LogP contribution in [0.1, 0.15) is 52.1 Å². The van der Waals surface area contributed by atoms with Gasteiger partial charge in [-0.3, -0.25) is 4.68 Å². The molecule has 0 aliphatic carbocycles. The predicted octanol–water partition coefficient (Wildman–Crippen LogP) is 2.99. The largest absolute Gasteiger partial charge is 0.310 e. The summed E-state index contributed by atoms with van der Waals surface area (Å²) >= 11 is 0. The van der Waals surface area contributed by atoms with Crippen LogP contribution in [0.5, 0.6) is 0 Å². The van der Waals surface area contributed by atoms with Crippen LogP contribution in [-0.2, 0) is 6.54 Å². The Morgan fingerprint density at radius 2 is 2.12 bits per heavy atom. The second-order valence-corrected chi connectivity index (χ2v) is 4.67. The van der Waals surface area contributed by atoms with Gasteiger partial charge in [-0.15, -0.1) is 0 Å². The number of hydrogen-bond acceptors (Lipinski definition) is 2.